The highest BCUT2D eigenvalue weighted by molar-refractivity contribution is 7.98. The van der Waals surface area contributed by atoms with Crippen LogP contribution in [0.2, 0.25) is 0 Å². The van der Waals surface area contributed by atoms with Gasteiger partial charge in [0.05, 0.1) is 6.42 Å². The molecule has 0 radical (unpaired) electrons. The molecule has 0 amide bonds. The van der Waals surface area contributed by atoms with Crippen LogP contribution in [0.25, 0.3) is 0 Å². The molecular weight excluding hydrogens is 192 g/mol. The van der Waals surface area contributed by atoms with Gasteiger partial charge in [-0.25, -0.2) is 4.98 Å². The van der Waals surface area contributed by atoms with E-state index in [-0.39, 0.29) is 17.9 Å². The summed E-state index contributed by atoms with van der Waals surface area (Å²) in [5.41, 5.74) is 0.227. The first-order chi connectivity index (χ1) is 6.13. The average Bonchev–Trinajstić information content (AvgIpc) is 2.08. The van der Waals surface area contributed by atoms with E-state index in [1.165, 1.54) is 18.0 Å². The zero-order valence-corrected chi connectivity index (χ0v) is 7.71. The van der Waals surface area contributed by atoms with Crippen molar-refractivity contribution in [3.05, 3.63) is 11.8 Å². The highest BCUT2D eigenvalue weighted by atomic mass is 32.2. The number of carboxylic acid groups (broad SMARTS) is 1. The molecule has 1 rings (SSSR count). The molecule has 1 heterocycles. The molecule has 0 aliphatic carbocycles. The van der Waals surface area contributed by atoms with Crippen molar-refractivity contribution >= 4 is 17.7 Å². The molecule has 0 saturated carbocycles. The molecule has 0 fully saturated rings. The lowest BCUT2D eigenvalue weighted by Gasteiger charge is -2.00. The van der Waals surface area contributed by atoms with Crippen LogP contribution in [0.5, 0.6) is 5.88 Å². The van der Waals surface area contributed by atoms with E-state index >= 15 is 0 Å². The molecule has 2 N–H and O–H groups in total. The fraction of sp³-hybridized carbons (Fsp3) is 0.286. The minimum absolute atomic E-state index is 0.227. The van der Waals surface area contributed by atoms with Gasteiger partial charge in [0.25, 0.3) is 0 Å². The summed E-state index contributed by atoms with van der Waals surface area (Å²) < 4.78 is 0. The molecule has 0 spiro atoms. The third-order valence-electron chi connectivity index (χ3n) is 1.34. The van der Waals surface area contributed by atoms with Crippen LogP contribution in [0.4, 0.5) is 0 Å². The Kier molecular flexibility index (Phi) is 3.07. The van der Waals surface area contributed by atoms with Gasteiger partial charge in [-0.2, -0.15) is 4.98 Å². The maximum Gasteiger partial charge on any atom is 0.308 e. The van der Waals surface area contributed by atoms with Crippen LogP contribution in [0.1, 0.15) is 5.56 Å². The van der Waals surface area contributed by atoms with E-state index in [0.717, 1.165) is 0 Å². The summed E-state index contributed by atoms with van der Waals surface area (Å²) in [6.45, 7) is 0. The Labute approximate surface area is 78.8 Å². The number of rotatable bonds is 3. The molecule has 0 aromatic carbocycles. The Bertz CT molecular complexity index is 330. The average molecular weight is 200 g/mol. The summed E-state index contributed by atoms with van der Waals surface area (Å²) in [6, 6.07) is 0. The smallest absolute Gasteiger partial charge is 0.308 e. The van der Waals surface area contributed by atoms with Crippen LogP contribution in [-0.2, 0) is 11.2 Å². The monoisotopic (exact) mass is 200 g/mol. The van der Waals surface area contributed by atoms with Crippen LogP contribution in [0, 0.1) is 0 Å². The van der Waals surface area contributed by atoms with E-state index in [9.17, 15) is 9.90 Å². The molecule has 0 aliphatic heterocycles. The highest BCUT2D eigenvalue weighted by Gasteiger charge is 2.08. The molecular formula is C7H8N2O3S. The lowest BCUT2D eigenvalue weighted by molar-refractivity contribution is -0.136. The van der Waals surface area contributed by atoms with Gasteiger partial charge >= 0.3 is 5.97 Å². The van der Waals surface area contributed by atoms with Crippen molar-refractivity contribution in [1.82, 2.24) is 9.97 Å². The molecule has 6 heteroatoms. The van der Waals surface area contributed by atoms with Gasteiger partial charge in [-0.15, -0.1) is 0 Å². The molecule has 5 nitrogen and oxygen atoms in total. The lowest BCUT2D eigenvalue weighted by atomic mass is 10.2. The fourth-order valence-electron chi connectivity index (χ4n) is 0.768. The predicted molar refractivity (Wildman–Crippen MR) is 46.8 cm³/mol. The van der Waals surface area contributed by atoms with Crippen LogP contribution < -0.4 is 0 Å². The summed E-state index contributed by atoms with van der Waals surface area (Å²) in [6.07, 6.45) is 2.83. The van der Waals surface area contributed by atoms with Crippen molar-refractivity contribution in [2.24, 2.45) is 0 Å². The van der Waals surface area contributed by atoms with E-state index in [2.05, 4.69) is 9.97 Å². The number of nitrogens with zero attached hydrogens (tertiary/aromatic N) is 2. The van der Waals surface area contributed by atoms with Gasteiger partial charge in [0, 0.05) is 11.8 Å². The standard InChI is InChI=1S/C7H8N2O3S/c1-13-7-8-3-4(2-5(10)11)6(12)9-7/h3H,2H2,1H3,(H,10,11)(H,8,9,12). The Hall–Kier alpha value is -1.30. The second kappa shape index (κ2) is 4.08. The van der Waals surface area contributed by atoms with E-state index in [1.807, 2.05) is 0 Å². The zero-order chi connectivity index (χ0) is 9.84. The van der Waals surface area contributed by atoms with Crippen LogP contribution in [0.3, 0.4) is 0 Å². The Balaban J connectivity index is 2.91. The molecule has 0 atom stereocenters. The third kappa shape index (κ3) is 2.59. The van der Waals surface area contributed by atoms with Gasteiger partial charge in [0.2, 0.25) is 5.88 Å². The van der Waals surface area contributed by atoms with Gasteiger partial charge in [0.15, 0.2) is 5.16 Å². The van der Waals surface area contributed by atoms with Gasteiger partial charge in [-0.3, -0.25) is 4.79 Å². The first-order valence-corrected chi connectivity index (χ1v) is 4.66. The minimum atomic E-state index is -1.02. The maximum absolute atomic E-state index is 10.3. The quantitative estimate of drug-likeness (QED) is 0.547. The third-order valence-corrected chi connectivity index (χ3v) is 1.91. The van der Waals surface area contributed by atoms with Crippen molar-refractivity contribution in [1.29, 1.82) is 0 Å². The van der Waals surface area contributed by atoms with E-state index in [0.29, 0.717) is 5.16 Å². The summed E-state index contributed by atoms with van der Waals surface area (Å²) in [4.78, 5) is 17.8. The SMILES string of the molecule is CSc1ncc(CC(=O)O)c(O)n1. The molecule has 0 unspecified atom stereocenters. The minimum Gasteiger partial charge on any atom is -0.493 e. The number of carboxylic acids is 1. The summed E-state index contributed by atoms with van der Waals surface area (Å²) in [5, 5.41) is 18.1. The van der Waals surface area contributed by atoms with Crippen molar-refractivity contribution in [3.8, 4) is 5.88 Å². The van der Waals surface area contributed by atoms with Crippen LogP contribution in [0.15, 0.2) is 11.4 Å². The van der Waals surface area contributed by atoms with Crippen LogP contribution in [-0.4, -0.2) is 32.4 Å². The topological polar surface area (TPSA) is 83.3 Å². The van der Waals surface area contributed by atoms with Gasteiger partial charge in [0.1, 0.15) is 0 Å². The summed E-state index contributed by atoms with van der Waals surface area (Å²) >= 11 is 1.28. The maximum atomic E-state index is 10.3. The zero-order valence-electron chi connectivity index (χ0n) is 6.89. The van der Waals surface area contributed by atoms with E-state index in [4.69, 9.17) is 5.11 Å². The molecule has 1 aromatic rings. The van der Waals surface area contributed by atoms with Gasteiger partial charge in [-0.05, 0) is 6.26 Å². The first kappa shape index (κ1) is 9.79. The van der Waals surface area contributed by atoms with Crippen molar-refractivity contribution in [2.75, 3.05) is 6.26 Å². The van der Waals surface area contributed by atoms with Gasteiger partial charge < -0.3 is 10.2 Å². The van der Waals surface area contributed by atoms with Gasteiger partial charge in [-0.1, -0.05) is 11.8 Å². The first-order valence-electron chi connectivity index (χ1n) is 3.44. The largest absolute Gasteiger partial charge is 0.493 e. The van der Waals surface area contributed by atoms with E-state index < -0.39 is 5.97 Å². The molecule has 0 saturated heterocycles. The van der Waals surface area contributed by atoms with E-state index in [1.54, 1.807) is 6.26 Å². The predicted octanol–water partition coefficient (Wildman–Crippen LogP) is 0.531. The molecule has 13 heavy (non-hydrogen) atoms. The summed E-state index contributed by atoms with van der Waals surface area (Å²) in [7, 11) is 0. The Morgan fingerprint density at radius 2 is 2.38 bits per heavy atom. The highest BCUT2D eigenvalue weighted by Crippen LogP contribution is 2.17. The molecule has 1 aromatic heterocycles. The number of carbonyl (C=O) groups is 1. The van der Waals surface area contributed by atoms with Crippen LogP contribution >= 0.6 is 11.8 Å². The number of hydrogen-bond donors (Lipinski definition) is 2. The second-order valence-corrected chi connectivity index (χ2v) is 3.05. The van der Waals surface area contributed by atoms with Crippen molar-refractivity contribution in [2.45, 2.75) is 11.6 Å². The van der Waals surface area contributed by atoms with Crippen molar-refractivity contribution < 1.29 is 15.0 Å². The normalized spacial score (nSPS) is 9.92. The number of aromatic nitrogens is 2. The number of aliphatic carboxylic acids is 1. The lowest BCUT2D eigenvalue weighted by Crippen LogP contribution is -2.02. The molecule has 0 aliphatic rings. The molecule has 70 valence electrons. The number of aromatic hydroxyl groups is 1. The van der Waals surface area contributed by atoms with Crippen molar-refractivity contribution in [3.63, 3.8) is 0 Å². The fourth-order valence-corrected chi connectivity index (χ4v) is 1.10. The molecule has 0 bridgehead atoms. The number of thioether (sulfide) groups is 1. The number of hydrogen-bond acceptors (Lipinski definition) is 5. The Morgan fingerprint density at radius 3 is 2.85 bits per heavy atom. The second-order valence-electron chi connectivity index (χ2n) is 2.28. The summed E-state index contributed by atoms with van der Waals surface area (Å²) in [5.74, 6) is -1.28. The Morgan fingerprint density at radius 1 is 1.69 bits per heavy atom.